The molecule has 0 fully saturated rings. The van der Waals surface area contributed by atoms with Gasteiger partial charge in [-0.05, 0) is 18.2 Å². The number of ether oxygens (including phenoxy) is 1. The van der Waals surface area contributed by atoms with Gasteiger partial charge < -0.3 is 15.4 Å². The highest BCUT2D eigenvalue weighted by molar-refractivity contribution is 9.10. The van der Waals surface area contributed by atoms with E-state index in [0.717, 1.165) is 0 Å². The van der Waals surface area contributed by atoms with Crippen molar-refractivity contribution in [1.82, 2.24) is 5.32 Å². The number of esters is 1. The molecule has 0 saturated carbocycles. The second-order valence-electron chi connectivity index (χ2n) is 3.88. The molecule has 2 N–H and O–H groups in total. The number of amides is 2. The number of benzene rings is 1. The Labute approximate surface area is 118 Å². The molecular formula is C12H14BrFN2O3. The average Bonchev–Trinajstić information content (AvgIpc) is 2.39. The molecule has 0 aliphatic heterocycles. The lowest BCUT2D eigenvalue weighted by molar-refractivity contribution is -0.144. The number of nitrogens with one attached hydrogen (secondary N) is 2. The zero-order valence-corrected chi connectivity index (χ0v) is 12.1. The number of urea groups is 1. The summed E-state index contributed by atoms with van der Waals surface area (Å²) < 4.78 is 18.5. The molecule has 7 heteroatoms. The van der Waals surface area contributed by atoms with Crippen LogP contribution in [0.2, 0.25) is 0 Å². The third kappa shape index (κ3) is 4.86. The summed E-state index contributed by atoms with van der Waals surface area (Å²) in [5.41, 5.74) is 0.0533. The number of rotatable bonds is 4. The van der Waals surface area contributed by atoms with Gasteiger partial charge in [0.2, 0.25) is 0 Å². The Balaban J connectivity index is 2.52. The van der Waals surface area contributed by atoms with E-state index in [9.17, 15) is 14.0 Å². The van der Waals surface area contributed by atoms with Crippen molar-refractivity contribution in [2.75, 3.05) is 19.0 Å². The van der Waals surface area contributed by atoms with Gasteiger partial charge in [0.1, 0.15) is 5.82 Å². The summed E-state index contributed by atoms with van der Waals surface area (Å²) in [6, 6.07) is 3.61. The van der Waals surface area contributed by atoms with Crippen molar-refractivity contribution in [3.63, 3.8) is 0 Å². The SMILES string of the molecule is COC(=O)C(C)CNC(=O)Nc1cc(Br)ccc1F. The minimum absolute atomic E-state index is 0.0533. The van der Waals surface area contributed by atoms with Crippen LogP contribution in [0.3, 0.4) is 0 Å². The van der Waals surface area contributed by atoms with Crippen LogP contribution in [0.25, 0.3) is 0 Å². The van der Waals surface area contributed by atoms with E-state index in [4.69, 9.17) is 0 Å². The maximum atomic E-state index is 13.4. The first-order chi connectivity index (χ1) is 8.93. The zero-order valence-electron chi connectivity index (χ0n) is 10.5. The van der Waals surface area contributed by atoms with Crippen molar-refractivity contribution in [2.45, 2.75) is 6.92 Å². The van der Waals surface area contributed by atoms with Crippen molar-refractivity contribution >= 4 is 33.6 Å². The molecule has 0 heterocycles. The zero-order chi connectivity index (χ0) is 14.4. The molecule has 1 atom stereocenters. The monoisotopic (exact) mass is 332 g/mol. The average molecular weight is 333 g/mol. The number of anilines is 1. The van der Waals surface area contributed by atoms with Gasteiger partial charge in [-0.25, -0.2) is 9.18 Å². The van der Waals surface area contributed by atoms with Crippen LogP contribution in [-0.2, 0) is 9.53 Å². The first-order valence-electron chi connectivity index (χ1n) is 5.51. The van der Waals surface area contributed by atoms with Gasteiger partial charge in [0.25, 0.3) is 0 Å². The molecule has 0 bridgehead atoms. The predicted molar refractivity (Wildman–Crippen MR) is 72.3 cm³/mol. The Morgan fingerprint density at radius 3 is 2.79 bits per heavy atom. The third-order valence-corrected chi connectivity index (χ3v) is 2.84. The van der Waals surface area contributed by atoms with E-state index in [1.54, 1.807) is 6.92 Å². The summed E-state index contributed by atoms with van der Waals surface area (Å²) in [5.74, 6) is -1.43. The fourth-order valence-corrected chi connectivity index (χ4v) is 1.65. The summed E-state index contributed by atoms with van der Waals surface area (Å²) in [6.45, 7) is 1.72. The van der Waals surface area contributed by atoms with E-state index in [-0.39, 0.29) is 12.2 Å². The van der Waals surface area contributed by atoms with Crippen LogP contribution in [-0.4, -0.2) is 25.7 Å². The molecule has 0 saturated heterocycles. The molecule has 0 radical (unpaired) electrons. The molecule has 104 valence electrons. The van der Waals surface area contributed by atoms with Crippen LogP contribution in [0.15, 0.2) is 22.7 Å². The Morgan fingerprint density at radius 1 is 1.47 bits per heavy atom. The van der Waals surface area contributed by atoms with Gasteiger partial charge in [-0.2, -0.15) is 0 Å². The van der Waals surface area contributed by atoms with Gasteiger partial charge in [-0.1, -0.05) is 22.9 Å². The van der Waals surface area contributed by atoms with Crippen LogP contribution in [0.1, 0.15) is 6.92 Å². The molecule has 1 aromatic carbocycles. The lowest BCUT2D eigenvalue weighted by Crippen LogP contribution is -2.35. The summed E-state index contributed by atoms with van der Waals surface area (Å²) >= 11 is 3.18. The molecular weight excluding hydrogens is 319 g/mol. The molecule has 0 aromatic heterocycles. The maximum absolute atomic E-state index is 13.4. The van der Waals surface area contributed by atoms with Gasteiger partial charge in [0.05, 0.1) is 18.7 Å². The summed E-state index contributed by atoms with van der Waals surface area (Å²) in [4.78, 5) is 22.7. The number of methoxy groups -OCH3 is 1. The molecule has 5 nitrogen and oxygen atoms in total. The van der Waals surface area contributed by atoms with E-state index in [2.05, 4.69) is 31.3 Å². The fraction of sp³-hybridized carbons (Fsp3) is 0.333. The smallest absolute Gasteiger partial charge is 0.319 e. The van der Waals surface area contributed by atoms with E-state index < -0.39 is 23.7 Å². The quantitative estimate of drug-likeness (QED) is 0.832. The molecule has 2 amide bonds. The number of carbonyl (C=O) groups excluding carboxylic acids is 2. The Hall–Kier alpha value is -1.63. The minimum Gasteiger partial charge on any atom is -0.469 e. The normalized spacial score (nSPS) is 11.6. The second kappa shape index (κ2) is 7.08. The summed E-state index contributed by atoms with van der Waals surface area (Å²) in [5, 5.41) is 4.82. The standard InChI is InChI=1S/C12H14BrFN2O3/c1-7(11(17)19-2)6-15-12(18)16-10-5-8(13)3-4-9(10)14/h3-5,7H,6H2,1-2H3,(H2,15,16,18). The number of carbonyl (C=O) groups is 2. The van der Waals surface area contributed by atoms with Crippen LogP contribution >= 0.6 is 15.9 Å². The largest absolute Gasteiger partial charge is 0.469 e. The van der Waals surface area contributed by atoms with Crippen molar-refractivity contribution in [2.24, 2.45) is 5.92 Å². The maximum Gasteiger partial charge on any atom is 0.319 e. The molecule has 19 heavy (non-hydrogen) atoms. The summed E-state index contributed by atoms with van der Waals surface area (Å²) in [7, 11) is 1.27. The molecule has 1 aromatic rings. The number of hydrogen-bond acceptors (Lipinski definition) is 3. The number of halogens is 2. The van der Waals surface area contributed by atoms with Crippen molar-refractivity contribution in [1.29, 1.82) is 0 Å². The Kier molecular flexibility index (Phi) is 5.75. The van der Waals surface area contributed by atoms with E-state index in [0.29, 0.717) is 4.47 Å². The van der Waals surface area contributed by atoms with Gasteiger partial charge >= 0.3 is 12.0 Å². The highest BCUT2D eigenvalue weighted by atomic mass is 79.9. The highest BCUT2D eigenvalue weighted by Gasteiger charge is 2.14. The van der Waals surface area contributed by atoms with E-state index in [1.165, 1.54) is 25.3 Å². The van der Waals surface area contributed by atoms with Gasteiger partial charge in [0.15, 0.2) is 0 Å². The first kappa shape index (κ1) is 15.4. The fourth-order valence-electron chi connectivity index (χ4n) is 1.29. The van der Waals surface area contributed by atoms with Crippen LogP contribution in [0.5, 0.6) is 0 Å². The lowest BCUT2D eigenvalue weighted by atomic mass is 10.2. The lowest BCUT2D eigenvalue weighted by Gasteiger charge is -2.12. The van der Waals surface area contributed by atoms with E-state index in [1.807, 2.05) is 0 Å². The van der Waals surface area contributed by atoms with Gasteiger partial charge in [-0.3, -0.25) is 4.79 Å². The summed E-state index contributed by atoms with van der Waals surface area (Å²) in [6.07, 6.45) is 0. The molecule has 0 aliphatic rings. The molecule has 1 unspecified atom stereocenters. The van der Waals surface area contributed by atoms with Crippen LogP contribution in [0, 0.1) is 11.7 Å². The number of hydrogen-bond donors (Lipinski definition) is 2. The Morgan fingerprint density at radius 2 is 2.16 bits per heavy atom. The first-order valence-corrected chi connectivity index (χ1v) is 6.31. The van der Waals surface area contributed by atoms with Crippen molar-refractivity contribution in [3.8, 4) is 0 Å². The molecule has 1 rings (SSSR count). The second-order valence-corrected chi connectivity index (χ2v) is 4.80. The third-order valence-electron chi connectivity index (χ3n) is 2.35. The Bertz CT molecular complexity index is 482. The molecule has 0 aliphatic carbocycles. The molecule has 0 spiro atoms. The predicted octanol–water partition coefficient (Wildman–Crippen LogP) is 2.52. The van der Waals surface area contributed by atoms with Gasteiger partial charge in [0, 0.05) is 11.0 Å². The minimum atomic E-state index is -0.590. The van der Waals surface area contributed by atoms with Crippen molar-refractivity contribution < 1.29 is 18.7 Å². The van der Waals surface area contributed by atoms with E-state index >= 15 is 0 Å². The van der Waals surface area contributed by atoms with Gasteiger partial charge in [-0.15, -0.1) is 0 Å². The van der Waals surface area contributed by atoms with Crippen molar-refractivity contribution in [3.05, 3.63) is 28.5 Å². The topological polar surface area (TPSA) is 67.4 Å². The highest BCUT2D eigenvalue weighted by Crippen LogP contribution is 2.19. The van der Waals surface area contributed by atoms with Crippen LogP contribution in [0.4, 0.5) is 14.9 Å². The van der Waals surface area contributed by atoms with Crippen LogP contribution < -0.4 is 10.6 Å².